The zero-order valence-corrected chi connectivity index (χ0v) is 7.11. The van der Waals surface area contributed by atoms with Crippen LogP contribution < -0.4 is 5.06 Å². The maximum atomic E-state index is 8.73. The van der Waals surface area contributed by atoms with Gasteiger partial charge in [0, 0.05) is 7.05 Å². The summed E-state index contributed by atoms with van der Waals surface area (Å²) in [7, 11) is 3.32. The molecule has 0 spiro atoms. The Kier molecular flexibility index (Phi) is 2.67. The van der Waals surface area contributed by atoms with Crippen LogP contribution in [-0.4, -0.2) is 14.2 Å². The van der Waals surface area contributed by atoms with Crippen LogP contribution in [0.3, 0.4) is 0 Å². The molecule has 0 unspecified atom stereocenters. The highest BCUT2D eigenvalue weighted by Crippen LogP contribution is 2.17. The highest BCUT2D eigenvalue weighted by atomic mass is 16.7. The summed E-state index contributed by atoms with van der Waals surface area (Å²) in [6, 6.07) is 9.37. The highest BCUT2D eigenvalue weighted by molar-refractivity contribution is 5.57. The third-order valence-corrected chi connectivity index (χ3v) is 1.64. The Hall–Kier alpha value is -1.53. The van der Waals surface area contributed by atoms with Crippen molar-refractivity contribution in [1.82, 2.24) is 0 Å². The van der Waals surface area contributed by atoms with Gasteiger partial charge in [0.05, 0.1) is 18.4 Å². The summed E-state index contributed by atoms with van der Waals surface area (Å²) < 4.78 is 0. The Morgan fingerprint density at radius 1 is 1.42 bits per heavy atom. The number of nitriles is 1. The van der Waals surface area contributed by atoms with Crippen molar-refractivity contribution in [2.75, 3.05) is 19.2 Å². The molecule has 0 amide bonds. The predicted octanol–water partition coefficient (Wildman–Crippen LogP) is 1.56. The molecule has 3 nitrogen and oxygen atoms in total. The molecule has 0 bridgehead atoms. The first-order valence-corrected chi connectivity index (χ1v) is 3.56. The van der Waals surface area contributed by atoms with Crippen LogP contribution in [0.5, 0.6) is 0 Å². The van der Waals surface area contributed by atoms with Crippen LogP contribution in [0.15, 0.2) is 24.3 Å². The molecule has 0 radical (unpaired) electrons. The molecular formula is C9H10N2O. The highest BCUT2D eigenvalue weighted by Gasteiger charge is 2.03. The Balaban J connectivity index is 3.07. The summed E-state index contributed by atoms with van der Waals surface area (Å²) in [5.41, 5.74) is 1.39. The van der Waals surface area contributed by atoms with Crippen molar-refractivity contribution >= 4 is 5.69 Å². The number of benzene rings is 1. The van der Waals surface area contributed by atoms with Crippen LogP contribution >= 0.6 is 0 Å². The average molecular weight is 162 g/mol. The van der Waals surface area contributed by atoms with E-state index in [0.29, 0.717) is 5.56 Å². The van der Waals surface area contributed by atoms with E-state index in [9.17, 15) is 0 Å². The fraction of sp³-hybridized carbons (Fsp3) is 0.222. The van der Waals surface area contributed by atoms with Gasteiger partial charge in [-0.3, -0.25) is 9.90 Å². The van der Waals surface area contributed by atoms with E-state index >= 15 is 0 Å². The van der Waals surface area contributed by atoms with Crippen LogP contribution in [-0.2, 0) is 4.84 Å². The molecule has 0 aromatic heterocycles. The van der Waals surface area contributed by atoms with Gasteiger partial charge in [0.2, 0.25) is 0 Å². The Labute approximate surface area is 71.7 Å². The fourth-order valence-corrected chi connectivity index (χ4v) is 0.941. The van der Waals surface area contributed by atoms with Gasteiger partial charge in [0.25, 0.3) is 0 Å². The summed E-state index contributed by atoms with van der Waals surface area (Å²) in [4.78, 5) is 4.96. The van der Waals surface area contributed by atoms with Gasteiger partial charge in [-0.15, -0.1) is 0 Å². The average Bonchev–Trinajstić information content (AvgIpc) is 2.16. The van der Waals surface area contributed by atoms with Gasteiger partial charge in [-0.05, 0) is 12.1 Å². The number of nitrogens with zero attached hydrogens (tertiary/aromatic N) is 2. The molecule has 0 aliphatic heterocycles. The predicted molar refractivity (Wildman–Crippen MR) is 46.6 cm³/mol. The standard InChI is InChI=1S/C9H10N2O/c1-11(12-2)9-6-4-3-5-8(9)7-10/h3-6H,1-2H3. The van der Waals surface area contributed by atoms with Crippen molar-refractivity contribution in [3.8, 4) is 6.07 Å². The van der Waals surface area contributed by atoms with E-state index in [1.165, 1.54) is 0 Å². The van der Waals surface area contributed by atoms with E-state index in [2.05, 4.69) is 6.07 Å². The molecule has 1 rings (SSSR count). The maximum Gasteiger partial charge on any atom is 0.101 e. The lowest BCUT2D eigenvalue weighted by molar-refractivity contribution is 0.184. The number of anilines is 1. The summed E-state index contributed by atoms with van der Waals surface area (Å²) in [5, 5.41) is 10.3. The molecule has 0 atom stereocenters. The van der Waals surface area contributed by atoms with Crippen LogP contribution in [0, 0.1) is 11.3 Å². The Morgan fingerprint density at radius 3 is 2.67 bits per heavy atom. The smallest absolute Gasteiger partial charge is 0.101 e. The molecule has 0 N–H and O–H groups in total. The third kappa shape index (κ3) is 1.55. The minimum atomic E-state index is 0.613. The largest absolute Gasteiger partial charge is 0.277 e. The summed E-state index contributed by atoms with van der Waals surface area (Å²) in [6.07, 6.45) is 0. The van der Waals surface area contributed by atoms with E-state index in [-0.39, 0.29) is 0 Å². The van der Waals surface area contributed by atoms with E-state index in [0.717, 1.165) is 5.69 Å². The van der Waals surface area contributed by atoms with Crippen molar-refractivity contribution in [3.05, 3.63) is 29.8 Å². The van der Waals surface area contributed by atoms with Crippen molar-refractivity contribution in [3.63, 3.8) is 0 Å². The van der Waals surface area contributed by atoms with Crippen LogP contribution in [0.2, 0.25) is 0 Å². The minimum absolute atomic E-state index is 0.613. The van der Waals surface area contributed by atoms with Crippen LogP contribution in [0.4, 0.5) is 5.69 Å². The van der Waals surface area contributed by atoms with Crippen molar-refractivity contribution in [1.29, 1.82) is 5.26 Å². The van der Waals surface area contributed by atoms with E-state index < -0.39 is 0 Å². The summed E-state index contributed by atoms with van der Waals surface area (Å²) >= 11 is 0. The van der Waals surface area contributed by atoms with Gasteiger partial charge >= 0.3 is 0 Å². The topological polar surface area (TPSA) is 36.3 Å². The number of hydrogen-bond acceptors (Lipinski definition) is 3. The number of hydrogen-bond donors (Lipinski definition) is 0. The van der Waals surface area contributed by atoms with Gasteiger partial charge in [-0.2, -0.15) is 5.26 Å². The molecule has 0 saturated carbocycles. The lowest BCUT2D eigenvalue weighted by Crippen LogP contribution is -2.15. The molecule has 0 saturated heterocycles. The van der Waals surface area contributed by atoms with Crippen LogP contribution in [0.1, 0.15) is 5.56 Å². The number of hydroxylamine groups is 1. The molecule has 0 fully saturated rings. The SMILES string of the molecule is CON(C)c1ccccc1C#N. The zero-order chi connectivity index (χ0) is 8.97. The van der Waals surface area contributed by atoms with Gasteiger partial charge in [0.1, 0.15) is 6.07 Å². The molecule has 1 aromatic rings. The number of rotatable bonds is 2. The van der Waals surface area contributed by atoms with Crippen molar-refractivity contribution < 1.29 is 4.84 Å². The first kappa shape index (κ1) is 8.57. The quantitative estimate of drug-likeness (QED) is 0.619. The Morgan fingerprint density at radius 2 is 2.08 bits per heavy atom. The van der Waals surface area contributed by atoms with Gasteiger partial charge < -0.3 is 0 Å². The second-order valence-electron chi connectivity index (χ2n) is 2.31. The minimum Gasteiger partial charge on any atom is -0.277 e. The molecular weight excluding hydrogens is 152 g/mol. The van der Waals surface area contributed by atoms with E-state index in [1.807, 2.05) is 18.2 Å². The number of para-hydroxylation sites is 1. The lowest BCUT2D eigenvalue weighted by Gasteiger charge is -2.16. The molecule has 0 aliphatic rings. The van der Waals surface area contributed by atoms with Gasteiger partial charge in [-0.25, -0.2) is 0 Å². The first-order valence-electron chi connectivity index (χ1n) is 3.56. The van der Waals surface area contributed by atoms with E-state index in [4.69, 9.17) is 10.1 Å². The molecule has 0 aliphatic carbocycles. The molecule has 0 heterocycles. The van der Waals surface area contributed by atoms with Crippen molar-refractivity contribution in [2.45, 2.75) is 0 Å². The van der Waals surface area contributed by atoms with Crippen LogP contribution in [0.25, 0.3) is 0 Å². The lowest BCUT2D eigenvalue weighted by atomic mass is 10.2. The molecule has 1 aromatic carbocycles. The maximum absolute atomic E-state index is 8.73. The third-order valence-electron chi connectivity index (χ3n) is 1.64. The molecule has 62 valence electrons. The molecule has 3 heteroatoms. The Bertz CT molecular complexity index is 304. The van der Waals surface area contributed by atoms with Crippen molar-refractivity contribution in [2.24, 2.45) is 0 Å². The summed E-state index contributed by atoms with van der Waals surface area (Å²) in [6.45, 7) is 0. The molecule has 12 heavy (non-hydrogen) atoms. The monoisotopic (exact) mass is 162 g/mol. The van der Waals surface area contributed by atoms with Gasteiger partial charge in [-0.1, -0.05) is 12.1 Å². The zero-order valence-electron chi connectivity index (χ0n) is 7.11. The second kappa shape index (κ2) is 3.74. The summed E-state index contributed by atoms with van der Waals surface area (Å²) in [5.74, 6) is 0. The van der Waals surface area contributed by atoms with Gasteiger partial charge in [0.15, 0.2) is 0 Å². The van der Waals surface area contributed by atoms with E-state index in [1.54, 1.807) is 25.3 Å². The normalized spacial score (nSPS) is 9.08. The second-order valence-corrected chi connectivity index (χ2v) is 2.31. The first-order chi connectivity index (χ1) is 5.79. The fourth-order valence-electron chi connectivity index (χ4n) is 0.941.